The molecule has 6 heteroatoms. The molecule has 25 heavy (non-hydrogen) atoms. The second-order valence-corrected chi connectivity index (χ2v) is 5.65. The first-order valence-electron chi connectivity index (χ1n) is 8.17. The standard InChI is InChI=1S/C19H24ClNO4/c1-4-23-18-11-14(13-21-2)10-17(20)19(18)25-9-8-24-16-7-5-6-15(12-16)22-3/h5-7,10-12,21H,4,8-9,13H2,1-3H3. The van der Waals surface area contributed by atoms with Crippen molar-refractivity contribution in [3.05, 3.63) is 47.0 Å². The maximum atomic E-state index is 6.35. The Labute approximate surface area is 153 Å². The van der Waals surface area contributed by atoms with Gasteiger partial charge in [-0.1, -0.05) is 17.7 Å². The summed E-state index contributed by atoms with van der Waals surface area (Å²) in [5, 5.41) is 3.62. The normalized spacial score (nSPS) is 10.4. The van der Waals surface area contributed by atoms with Gasteiger partial charge in [0.05, 0.1) is 18.7 Å². The molecule has 0 bridgehead atoms. The molecule has 136 valence electrons. The molecule has 2 aromatic carbocycles. The van der Waals surface area contributed by atoms with E-state index in [1.54, 1.807) is 7.11 Å². The average Bonchev–Trinajstić information content (AvgIpc) is 2.61. The summed E-state index contributed by atoms with van der Waals surface area (Å²) in [6, 6.07) is 11.2. The van der Waals surface area contributed by atoms with Crippen LogP contribution in [0.5, 0.6) is 23.0 Å². The van der Waals surface area contributed by atoms with Gasteiger partial charge in [-0.2, -0.15) is 0 Å². The molecule has 0 atom stereocenters. The molecule has 2 rings (SSSR count). The first-order chi connectivity index (χ1) is 12.2. The summed E-state index contributed by atoms with van der Waals surface area (Å²) in [7, 11) is 3.51. The van der Waals surface area contributed by atoms with Gasteiger partial charge in [0.15, 0.2) is 11.5 Å². The summed E-state index contributed by atoms with van der Waals surface area (Å²) >= 11 is 6.35. The summed E-state index contributed by atoms with van der Waals surface area (Å²) in [5.41, 5.74) is 1.04. The zero-order chi connectivity index (χ0) is 18.1. The molecule has 0 aliphatic heterocycles. The van der Waals surface area contributed by atoms with Crippen LogP contribution >= 0.6 is 11.6 Å². The van der Waals surface area contributed by atoms with Crippen molar-refractivity contribution in [1.82, 2.24) is 5.32 Å². The van der Waals surface area contributed by atoms with Crippen LogP contribution in [0.3, 0.4) is 0 Å². The lowest BCUT2D eigenvalue weighted by atomic mass is 10.2. The third-order valence-electron chi connectivity index (χ3n) is 3.39. The van der Waals surface area contributed by atoms with Gasteiger partial charge < -0.3 is 24.3 Å². The van der Waals surface area contributed by atoms with Gasteiger partial charge in [0.1, 0.15) is 24.7 Å². The smallest absolute Gasteiger partial charge is 0.179 e. The molecule has 0 aliphatic rings. The average molecular weight is 366 g/mol. The van der Waals surface area contributed by atoms with Crippen molar-refractivity contribution in [2.75, 3.05) is 34.0 Å². The van der Waals surface area contributed by atoms with Gasteiger partial charge in [-0.05, 0) is 43.8 Å². The number of rotatable bonds is 10. The van der Waals surface area contributed by atoms with Crippen LogP contribution in [0.4, 0.5) is 0 Å². The fourth-order valence-corrected chi connectivity index (χ4v) is 2.61. The zero-order valence-corrected chi connectivity index (χ0v) is 15.6. The van der Waals surface area contributed by atoms with E-state index in [-0.39, 0.29) is 0 Å². The summed E-state index contributed by atoms with van der Waals surface area (Å²) < 4.78 is 22.3. The lowest BCUT2D eigenvalue weighted by Crippen LogP contribution is -2.11. The van der Waals surface area contributed by atoms with E-state index in [0.29, 0.717) is 42.9 Å². The molecule has 0 amide bonds. The van der Waals surface area contributed by atoms with E-state index in [9.17, 15) is 0 Å². The van der Waals surface area contributed by atoms with Crippen LogP contribution in [0.1, 0.15) is 12.5 Å². The predicted molar refractivity (Wildman–Crippen MR) is 99.4 cm³/mol. The molecular weight excluding hydrogens is 342 g/mol. The van der Waals surface area contributed by atoms with Crippen LogP contribution < -0.4 is 24.3 Å². The van der Waals surface area contributed by atoms with Crippen LogP contribution in [0, 0.1) is 0 Å². The van der Waals surface area contributed by atoms with Crippen LogP contribution in [0.25, 0.3) is 0 Å². The summed E-state index contributed by atoms with van der Waals surface area (Å²) in [4.78, 5) is 0. The third kappa shape index (κ3) is 5.73. The zero-order valence-electron chi connectivity index (χ0n) is 14.8. The van der Waals surface area contributed by atoms with E-state index in [1.807, 2.05) is 50.4 Å². The Hall–Kier alpha value is -2.11. The van der Waals surface area contributed by atoms with Gasteiger partial charge in [-0.15, -0.1) is 0 Å². The Bertz CT molecular complexity index is 678. The highest BCUT2D eigenvalue weighted by atomic mass is 35.5. The van der Waals surface area contributed by atoms with E-state index >= 15 is 0 Å². The molecule has 0 fully saturated rings. The maximum Gasteiger partial charge on any atom is 0.179 e. The molecular formula is C19H24ClNO4. The number of methoxy groups -OCH3 is 1. The Morgan fingerprint density at radius 2 is 1.76 bits per heavy atom. The summed E-state index contributed by atoms with van der Waals surface area (Å²) in [6.45, 7) is 3.90. The van der Waals surface area contributed by atoms with Gasteiger partial charge in [0.2, 0.25) is 0 Å². The molecule has 1 N–H and O–H groups in total. The van der Waals surface area contributed by atoms with Crippen molar-refractivity contribution in [1.29, 1.82) is 0 Å². The fraction of sp³-hybridized carbons (Fsp3) is 0.368. The number of halogens is 1. The predicted octanol–water partition coefficient (Wildman–Crippen LogP) is 3.92. The molecule has 5 nitrogen and oxygen atoms in total. The summed E-state index contributed by atoms with van der Waals surface area (Å²) in [5.74, 6) is 2.66. The topological polar surface area (TPSA) is 49.0 Å². The SMILES string of the molecule is CCOc1cc(CNC)cc(Cl)c1OCCOc1cccc(OC)c1. The van der Waals surface area contributed by atoms with E-state index < -0.39 is 0 Å². The highest BCUT2D eigenvalue weighted by molar-refractivity contribution is 6.32. The van der Waals surface area contributed by atoms with Crippen molar-refractivity contribution in [3.63, 3.8) is 0 Å². The van der Waals surface area contributed by atoms with E-state index in [2.05, 4.69) is 5.32 Å². The Balaban J connectivity index is 1.97. The van der Waals surface area contributed by atoms with Crippen molar-refractivity contribution in [2.24, 2.45) is 0 Å². The molecule has 0 aromatic heterocycles. The molecule has 0 radical (unpaired) electrons. The van der Waals surface area contributed by atoms with Crippen LogP contribution in [-0.2, 0) is 6.54 Å². The van der Waals surface area contributed by atoms with Crippen molar-refractivity contribution in [3.8, 4) is 23.0 Å². The van der Waals surface area contributed by atoms with Crippen LogP contribution in [0.2, 0.25) is 5.02 Å². The molecule has 0 saturated heterocycles. The minimum atomic E-state index is 0.350. The van der Waals surface area contributed by atoms with Crippen LogP contribution in [-0.4, -0.2) is 34.0 Å². The maximum absolute atomic E-state index is 6.35. The molecule has 0 saturated carbocycles. The molecule has 0 spiro atoms. The molecule has 0 aliphatic carbocycles. The number of ether oxygens (including phenoxy) is 4. The second kappa shape index (κ2) is 10.0. The third-order valence-corrected chi connectivity index (χ3v) is 3.67. The minimum Gasteiger partial charge on any atom is -0.497 e. The van der Waals surface area contributed by atoms with Gasteiger partial charge in [-0.3, -0.25) is 0 Å². The van der Waals surface area contributed by atoms with Crippen molar-refractivity contribution >= 4 is 11.6 Å². The highest BCUT2D eigenvalue weighted by Crippen LogP contribution is 2.36. The lowest BCUT2D eigenvalue weighted by molar-refractivity contribution is 0.208. The Kier molecular flexibility index (Phi) is 7.70. The molecule has 0 heterocycles. The first kappa shape index (κ1) is 19.2. The summed E-state index contributed by atoms with van der Waals surface area (Å²) in [6.07, 6.45) is 0. The largest absolute Gasteiger partial charge is 0.497 e. The highest BCUT2D eigenvalue weighted by Gasteiger charge is 2.12. The Morgan fingerprint density at radius 3 is 2.48 bits per heavy atom. The number of hydrogen-bond donors (Lipinski definition) is 1. The van der Waals surface area contributed by atoms with Gasteiger partial charge in [0, 0.05) is 12.6 Å². The van der Waals surface area contributed by atoms with Crippen molar-refractivity contribution < 1.29 is 18.9 Å². The number of benzene rings is 2. The quantitative estimate of drug-likeness (QED) is 0.646. The lowest BCUT2D eigenvalue weighted by Gasteiger charge is -2.15. The van der Waals surface area contributed by atoms with Crippen LogP contribution in [0.15, 0.2) is 36.4 Å². The molecule has 0 unspecified atom stereocenters. The van der Waals surface area contributed by atoms with Gasteiger partial charge >= 0.3 is 0 Å². The Morgan fingerprint density at radius 1 is 1.00 bits per heavy atom. The fourth-order valence-electron chi connectivity index (χ4n) is 2.32. The second-order valence-electron chi connectivity index (χ2n) is 5.24. The van der Waals surface area contributed by atoms with Crippen molar-refractivity contribution in [2.45, 2.75) is 13.5 Å². The van der Waals surface area contributed by atoms with E-state index in [4.69, 9.17) is 30.5 Å². The molecule has 2 aromatic rings. The van der Waals surface area contributed by atoms with E-state index in [0.717, 1.165) is 17.1 Å². The van der Waals surface area contributed by atoms with Gasteiger partial charge in [0.25, 0.3) is 0 Å². The monoisotopic (exact) mass is 365 g/mol. The minimum absolute atomic E-state index is 0.350. The van der Waals surface area contributed by atoms with E-state index in [1.165, 1.54) is 0 Å². The number of hydrogen-bond acceptors (Lipinski definition) is 5. The first-order valence-corrected chi connectivity index (χ1v) is 8.55. The van der Waals surface area contributed by atoms with Gasteiger partial charge in [-0.25, -0.2) is 0 Å². The number of nitrogens with one attached hydrogen (secondary N) is 1.